The van der Waals surface area contributed by atoms with Gasteiger partial charge in [-0.3, -0.25) is 0 Å². The topological polar surface area (TPSA) is 74.1 Å². The molecule has 0 aliphatic heterocycles. The fourth-order valence-corrected chi connectivity index (χ4v) is 5.04. The first-order valence-corrected chi connectivity index (χ1v) is 13.7. The van der Waals surface area contributed by atoms with Crippen LogP contribution < -0.4 is 15.2 Å². The van der Waals surface area contributed by atoms with Gasteiger partial charge in [-0.2, -0.15) is 5.10 Å². The standard InChI is InChI=1S/C34H32N4O3.CH4/c1-23(2)28-19-29(33-35-36-34(39)38(33)27-14-15-30-26(18-27)16-17-37(30)3)32(41-22-25-12-8-5-9-13-25)20-31(28)40-21-24-10-6-4-7-11-24;/h4-20,23H,21-22H2,1-3H3,(H,36,39);1H4. The summed E-state index contributed by atoms with van der Waals surface area (Å²) in [4.78, 5) is 13.2. The number of fused-ring (bicyclic) bond motifs is 1. The van der Waals surface area contributed by atoms with Crippen LogP contribution in [0.3, 0.4) is 0 Å². The van der Waals surface area contributed by atoms with E-state index in [9.17, 15) is 4.79 Å². The van der Waals surface area contributed by atoms with Gasteiger partial charge in [0.15, 0.2) is 5.82 Å². The Morgan fingerprint density at radius 3 is 2.10 bits per heavy atom. The summed E-state index contributed by atoms with van der Waals surface area (Å²) >= 11 is 0. The monoisotopic (exact) mass is 560 g/mol. The van der Waals surface area contributed by atoms with E-state index in [1.807, 2.05) is 110 Å². The second-order valence-electron chi connectivity index (χ2n) is 10.4. The molecule has 0 fully saturated rings. The minimum atomic E-state index is -0.320. The van der Waals surface area contributed by atoms with Crippen LogP contribution in [0.25, 0.3) is 28.0 Å². The third kappa shape index (κ3) is 5.72. The van der Waals surface area contributed by atoms with E-state index in [0.717, 1.165) is 39.0 Å². The van der Waals surface area contributed by atoms with Crippen LogP contribution in [-0.4, -0.2) is 19.3 Å². The van der Waals surface area contributed by atoms with Crippen molar-refractivity contribution >= 4 is 10.9 Å². The third-order valence-corrected chi connectivity index (χ3v) is 7.25. The van der Waals surface area contributed by atoms with Gasteiger partial charge in [-0.15, -0.1) is 0 Å². The summed E-state index contributed by atoms with van der Waals surface area (Å²) < 4.78 is 16.4. The predicted octanol–water partition coefficient (Wildman–Crippen LogP) is 7.64. The van der Waals surface area contributed by atoms with Crippen molar-refractivity contribution in [3.05, 3.63) is 130 Å². The van der Waals surface area contributed by atoms with Crippen molar-refractivity contribution in [3.8, 4) is 28.6 Å². The normalized spacial score (nSPS) is 11.0. The molecule has 4 aromatic carbocycles. The maximum absolute atomic E-state index is 13.2. The lowest BCUT2D eigenvalue weighted by Crippen LogP contribution is -2.16. The minimum absolute atomic E-state index is 0. The Kier molecular flexibility index (Phi) is 8.29. The zero-order chi connectivity index (χ0) is 28.3. The number of aryl methyl sites for hydroxylation is 1. The SMILES string of the molecule is C.CC(C)c1cc(-c2n[nH]c(=O)n2-c2ccc3c(ccn3C)c2)c(OCc2ccccc2)cc1OCc1ccccc1. The van der Waals surface area contributed by atoms with Crippen LogP contribution in [0, 0.1) is 0 Å². The smallest absolute Gasteiger partial charge is 0.348 e. The van der Waals surface area contributed by atoms with E-state index in [4.69, 9.17) is 9.47 Å². The number of hydrogen-bond donors (Lipinski definition) is 1. The van der Waals surface area contributed by atoms with Crippen molar-refractivity contribution in [2.24, 2.45) is 7.05 Å². The molecule has 6 rings (SSSR count). The molecule has 0 unspecified atom stereocenters. The Morgan fingerprint density at radius 1 is 0.810 bits per heavy atom. The predicted molar refractivity (Wildman–Crippen MR) is 168 cm³/mol. The van der Waals surface area contributed by atoms with Gasteiger partial charge in [0.1, 0.15) is 24.7 Å². The lowest BCUT2D eigenvalue weighted by Gasteiger charge is -2.20. The van der Waals surface area contributed by atoms with Crippen molar-refractivity contribution in [1.29, 1.82) is 0 Å². The minimum Gasteiger partial charge on any atom is -0.488 e. The largest absolute Gasteiger partial charge is 0.488 e. The number of nitrogens with one attached hydrogen (secondary N) is 1. The summed E-state index contributed by atoms with van der Waals surface area (Å²) in [7, 11) is 2.00. The van der Waals surface area contributed by atoms with Crippen LogP contribution in [0.2, 0.25) is 0 Å². The molecule has 42 heavy (non-hydrogen) atoms. The van der Waals surface area contributed by atoms with E-state index in [-0.39, 0.29) is 19.0 Å². The van der Waals surface area contributed by atoms with Gasteiger partial charge in [-0.25, -0.2) is 14.5 Å². The molecule has 0 atom stereocenters. The first-order chi connectivity index (χ1) is 20.0. The summed E-state index contributed by atoms with van der Waals surface area (Å²) in [5, 5.41) is 8.19. The maximum Gasteiger partial charge on any atom is 0.348 e. The lowest BCUT2D eigenvalue weighted by molar-refractivity contribution is 0.288. The quantitative estimate of drug-likeness (QED) is 0.197. The van der Waals surface area contributed by atoms with Crippen molar-refractivity contribution in [2.75, 3.05) is 0 Å². The Bertz CT molecular complexity index is 1850. The third-order valence-electron chi connectivity index (χ3n) is 7.25. The first kappa shape index (κ1) is 28.5. The van der Waals surface area contributed by atoms with E-state index in [0.29, 0.717) is 30.4 Å². The van der Waals surface area contributed by atoms with Gasteiger partial charge in [-0.05, 0) is 52.9 Å². The van der Waals surface area contributed by atoms with E-state index < -0.39 is 0 Å². The van der Waals surface area contributed by atoms with Gasteiger partial charge in [0.05, 0.1) is 11.3 Å². The molecular weight excluding hydrogens is 524 g/mol. The number of aromatic nitrogens is 4. The number of hydrogen-bond acceptors (Lipinski definition) is 4. The van der Waals surface area contributed by atoms with Gasteiger partial charge >= 0.3 is 5.69 Å². The van der Waals surface area contributed by atoms with E-state index in [2.05, 4.69) is 28.6 Å². The van der Waals surface area contributed by atoms with Crippen molar-refractivity contribution in [1.82, 2.24) is 19.3 Å². The Morgan fingerprint density at radius 2 is 1.45 bits per heavy atom. The average Bonchev–Trinajstić information content (AvgIpc) is 3.57. The molecule has 2 heterocycles. The molecule has 214 valence electrons. The molecule has 0 amide bonds. The van der Waals surface area contributed by atoms with Gasteiger partial charge in [0, 0.05) is 30.2 Å². The van der Waals surface area contributed by atoms with E-state index in [1.54, 1.807) is 4.57 Å². The highest BCUT2D eigenvalue weighted by Gasteiger charge is 2.22. The van der Waals surface area contributed by atoms with Gasteiger partial charge < -0.3 is 14.0 Å². The summed E-state index contributed by atoms with van der Waals surface area (Å²) in [6, 6.07) is 32.0. The van der Waals surface area contributed by atoms with Crippen molar-refractivity contribution in [2.45, 2.75) is 40.4 Å². The Hall–Kier alpha value is -5.04. The molecule has 0 spiro atoms. The number of nitrogens with zero attached hydrogens (tertiary/aromatic N) is 3. The van der Waals surface area contributed by atoms with E-state index in [1.165, 1.54) is 0 Å². The van der Waals surface area contributed by atoms with Gasteiger partial charge in [0.2, 0.25) is 0 Å². The van der Waals surface area contributed by atoms with Crippen LogP contribution in [-0.2, 0) is 20.3 Å². The van der Waals surface area contributed by atoms with Crippen LogP contribution >= 0.6 is 0 Å². The summed E-state index contributed by atoms with van der Waals surface area (Å²) in [5.41, 5.74) is 5.32. The molecule has 0 aliphatic carbocycles. The molecular formula is C35H36N4O3. The average molecular weight is 561 g/mol. The molecule has 2 aromatic heterocycles. The molecule has 0 bridgehead atoms. The van der Waals surface area contributed by atoms with Crippen molar-refractivity contribution in [3.63, 3.8) is 0 Å². The summed E-state index contributed by atoms with van der Waals surface area (Å²) in [5.74, 6) is 1.96. The molecule has 7 heteroatoms. The van der Waals surface area contributed by atoms with Crippen LogP contribution in [0.1, 0.15) is 43.9 Å². The number of rotatable bonds is 9. The number of H-pyrrole nitrogens is 1. The molecule has 0 saturated heterocycles. The maximum atomic E-state index is 13.2. The Labute approximate surface area is 246 Å². The molecule has 6 aromatic rings. The number of aromatic amines is 1. The molecule has 0 aliphatic rings. The van der Waals surface area contributed by atoms with Gasteiger partial charge in [-0.1, -0.05) is 81.9 Å². The Balaban J connectivity index is 0.00000353. The van der Waals surface area contributed by atoms with E-state index >= 15 is 0 Å². The van der Waals surface area contributed by atoms with Crippen molar-refractivity contribution < 1.29 is 9.47 Å². The zero-order valence-electron chi connectivity index (χ0n) is 23.4. The fourth-order valence-electron chi connectivity index (χ4n) is 5.04. The highest BCUT2D eigenvalue weighted by Crippen LogP contribution is 2.39. The number of ether oxygens (including phenoxy) is 2. The summed E-state index contributed by atoms with van der Waals surface area (Å²) in [6.07, 6.45) is 2.01. The lowest BCUT2D eigenvalue weighted by atomic mass is 9.98. The number of benzene rings is 4. The van der Waals surface area contributed by atoms with Crippen LogP contribution in [0.15, 0.2) is 108 Å². The molecule has 0 radical (unpaired) electrons. The van der Waals surface area contributed by atoms with Crippen LogP contribution in [0.5, 0.6) is 11.5 Å². The highest BCUT2D eigenvalue weighted by molar-refractivity contribution is 5.82. The second kappa shape index (κ2) is 12.2. The van der Waals surface area contributed by atoms with Crippen LogP contribution in [0.4, 0.5) is 0 Å². The molecule has 7 nitrogen and oxygen atoms in total. The highest BCUT2D eigenvalue weighted by atomic mass is 16.5. The van der Waals surface area contributed by atoms with Gasteiger partial charge in [0.25, 0.3) is 0 Å². The first-order valence-electron chi connectivity index (χ1n) is 13.7. The summed E-state index contributed by atoms with van der Waals surface area (Å²) in [6.45, 7) is 5.04. The molecule has 1 N–H and O–H groups in total. The zero-order valence-corrected chi connectivity index (χ0v) is 23.4. The second-order valence-corrected chi connectivity index (χ2v) is 10.4. The molecule has 0 saturated carbocycles. The fraction of sp³-hybridized carbons (Fsp3) is 0.200.